The molecule has 114 valence electrons. The maximum absolute atomic E-state index is 12.2. The number of nitrogens with one attached hydrogen (secondary N) is 1. The fourth-order valence-electron chi connectivity index (χ4n) is 2.18. The van der Waals surface area contributed by atoms with E-state index in [9.17, 15) is 9.59 Å². The third-order valence-electron chi connectivity index (χ3n) is 3.50. The van der Waals surface area contributed by atoms with Gasteiger partial charge in [-0.3, -0.25) is 4.79 Å². The minimum Gasteiger partial charge on any atom is -0.480 e. The van der Waals surface area contributed by atoms with E-state index in [4.69, 9.17) is 16.7 Å². The van der Waals surface area contributed by atoms with Crippen LogP contribution in [-0.2, 0) is 4.79 Å². The van der Waals surface area contributed by atoms with E-state index in [-0.39, 0.29) is 18.6 Å². The summed E-state index contributed by atoms with van der Waals surface area (Å²) < 4.78 is 0. The molecule has 1 unspecified atom stereocenters. The van der Waals surface area contributed by atoms with Crippen LogP contribution < -0.4 is 5.32 Å². The normalized spacial score (nSPS) is 15.3. The van der Waals surface area contributed by atoms with Crippen molar-refractivity contribution in [2.45, 2.75) is 25.8 Å². The van der Waals surface area contributed by atoms with Gasteiger partial charge in [-0.2, -0.15) is 0 Å². The van der Waals surface area contributed by atoms with E-state index in [1.54, 1.807) is 6.07 Å². The average molecular weight is 311 g/mol. The summed E-state index contributed by atoms with van der Waals surface area (Å²) in [4.78, 5) is 24.5. The highest BCUT2D eigenvalue weighted by molar-refractivity contribution is 6.31. The maximum Gasteiger partial charge on any atom is 0.323 e. The second kappa shape index (κ2) is 6.80. The number of hydrogen-bond donors (Lipinski definition) is 2. The first-order valence-electron chi connectivity index (χ1n) is 6.99. The van der Waals surface area contributed by atoms with Crippen molar-refractivity contribution in [3.8, 4) is 0 Å². The minimum absolute atomic E-state index is 0.276. The first-order valence-corrected chi connectivity index (χ1v) is 7.37. The van der Waals surface area contributed by atoms with Crippen molar-refractivity contribution in [3.63, 3.8) is 0 Å². The van der Waals surface area contributed by atoms with Crippen molar-refractivity contribution in [1.29, 1.82) is 0 Å². The molecule has 1 fully saturated rings. The molecule has 0 aliphatic heterocycles. The van der Waals surface area contributed by atoms with Crippen LogP contribution in [0.2, 0.25) is 5.02 Å². The number of urea groups is 1. The number of rotatable bonds is 6. The fraction of sp³-hybridized carbons (Fsp3) is 0.467. The second-order valence-electron chi connectivity index (χ2n) is 5.41. The van der Waals surface area contributed by atoms with E-state index in [0.29, 0.717) is 17.5 Å². The second-order valence-corrected chi connectivity index (χ2v) is 5.82. The summed E-state index contributed by atoms with van der Waals surface area (Å²) in [6.07, 6.45) is 2.12. The fourth-order valence-corrected chi connectivity index (χ4v) is 2.47. The molecule has 1 saturated carbocycles. The van der Waals surface area contributed by atoms with Crippen LogP contribution in [0.15, 0.2) is 24.3 Å². The molecule has 2 amide bonds. The van der Waals surface area contributed by atoms with E-state index in [0.717, 1.165) is 18.4 Å². The number of aliphatic carboxylic acids is 1. The molecule has 1 aromatic rings. The Morgan fingerprint density at radius 2 is 2.10 bits per heavy atom. The lowest BCUT2D eigenvalue weighted by atomic mass is 10.1. The Hall–Kier alpha value is -1.75. The van der Waals surface area contributed by atoms with Crippen molar-refractivity contribution < 1.29 is 14.7 Å². The molecule has 0 heterocycles. The van der Waals surface area contributed by atoms with Gasteiger partial charge in [0.05, 0.1) is 6.04 Å². The zero-order valence-corrected chi connectivity index (χ0v) is 12.6. The minimum atomic E-state index is -1.00. The van der Waals surface area contributed by atoms with Crippen LogP contribution in [0.1, 0.15) is 31.4 Å². The summed E-state index contributed by atoms with van der Waals surface area (Å²) in [7, 11) is 0. The van der Waals surface area contributed by atoms with Crippen molar-refractivity contribution in [2.24, 2.45) is 5.92 Å². The van der Waals surface area contributed by atoms with Gasteiger partial charge in [-0.25, -0.2) is 4.79 Å². The molecule has 5 nitrogen and oxygen atoms in total. The van der Waals surface area contributed by atoms with Gasteiger partial charge >= 0.3 is 12.0 Å². The summed E-state index contributed by atoms with van der Waals surface area (Å²) in [6, 6.07) is 6.64. The third kappa shape index (κ3) is 4.63. The smallest absolute Gasteiger partial charge is 0.323 e. The standard InChI is InChI=1S/C15H19ClN2O3/c1-10(12-4-2-3-5-13(12)16)17-15(21)18(9-14(19)20)8-11-6-7-11/h2-5,10-11H,6-9H2,1H3,(H,17,21)(H,19,20). The summed E-state index contributed by atoms with van der Waals surface area (Å²) in [5.41, 5.74) is 0.814. The Labute approximate surface area is 128 Å². The highest BCUT2D eigenvalue weighted by Crippen LogP contribution is 2.30. The lowest BCUT2D eigenvalue weighted by molar-refractivity contribution is -0.137. The van der Waals surface area contributed by atoms with Gasteiger partial charge in [0, 0.05) is 11.6 Å². The average Bonchev–Trinajstić information content (AvgIpc) is 3.21. The number of nitrogens with zero attached hydrogens (tertiary/aromatic N) is 1. The molecule has 0 bridgehead atoms. The molecule has 0 saturated heterocycles. The first kappa shape index (κ1) is 15.6. The van der Waals surface area contributed by atoms with Crippen LogP contribution in [0.25, 0.3) is 0 Å². The van der Waals surface area contributed by atoms with Gasteiger partial charge in [0.15, 0.2) is 0 Å². The van der Waals surface area contributed by atoms with E-state index < -0.39 is 5.97 Å². The zero-order chi connectivity index (χ0) is 15.4. The predicted octanol–water partition coefficient (Wildman–Crippen LogP) is 2.91. The van der Waals surface area contributed by atoms with Crippen LogP contribution in [-0.4, -0.2) is 35.1 Å². The largest absolute Gasteiger partial charge is 0.480 e. The van der Waals surface area contributed by atoms with Crippen molar-refractivity contribution in [3.05, 3.63) is 34.9 Å². The molecular weight excluding hydrogens is 292 g/mol. The van der Waals surface area contributed by atoms with Gasteiger partial charge in [0.2, 0.25) is 0 Å². The van der Waals surface area contributed by atoms with Crippen LogP contribution in [0.4, 0.5) is 4.79 Å². The maximum atomic E-state index is 12.2. The lowest BCUT2D eigenvalue weighted by Gasteiger charge is -2.24. The summed E-state index contributed by atoms with van der Waals surface area (Å²) in [6.45, 7) is 2.04. The number of carboxylic acids is 1. The number of carboxylic acid groups (broad SMARTS) is 1. The van der Waals surface area contributed by atoms with Gasteiger partial charge in [0.25, 0.3) is 0 Å². The Kier molecular flexibility index (Phi) is 5.07. The Balaban J connectivity index is 1.99. The molecule has 6 heteroatoms. The Bertz CT molecular complexity index is 531. The van der Waals surface area contributed by atoms with E-state index >= 15 is 0 Å². The number of halogens is 1. The van der Waals surface area contributed by atoms with Crippen LogP contribution in [0.3, 0.4) is 0 Å². The molecule has 0 spiro atoms. The van der Waals surface area contributed by atoms with Gasteiger partial charge in [-0.15, -0.1) is 0 Å². The molecule has 1 aliphatic carbocycles. The Morgan fingerprint density at radius 1 is 1.43 bits per heavy atom. The van der Waals surface area contributed by atoms with E-state index in [2.05, 4.69) is 5.32 Å². The van der Waals surface area contributed by atoms with Crippen LogP contribution >= 0.6 is 11.6 Å². The monoisotopic (exact) mass is 310 g/mol. The van der Waals surface area contributed by atoms with Crippen molar-refractivity contribution >= 4 is 23.6 Å². The quantitative estimate of drug-likeness (QED) is 0.848. The number of benzene rings is 1. The molecule has 0 radical (unpaired) electrons. The van der Waals surface area contributed by atoms with Gasteiger partial charge in [0.1, 0.15) is 6.54 Å². The summed E-state index contributed by atoms with van der Waals surface area (Å²) in [5, 5.41) is 12.3. The van der Waals surface area contributed by atoms with E-state index in [1.807, 2.05) is 25.1 Å². The summed E-state index contributed by atoms with van der Waals surface area (Å²) >= 11 is 6.10. The number of hydrogen-bond acceptors (Lipinski definition) is 2. The molecule has 2 rings (SSSR count). The molecule has 1 aliphatic rings. The summed E-state index contributed by atoms with van der Waals surface area (Å²) in [5.74, 6) is -0.568. The van der Waals surface area contributed by atoms with Gasteiger partial charge < -0.3 is 15.3 Å². The van der Waals surface area contributed by atoms with Crippen LogP contribution in [0.5, 0.6) is 0 Å². The molecule has 1 aromatic carbocycles. The SMILES string of the molecule is CC(NC(=O)N(CC(=O)O)CC1CC1)c1ccccc1Cl. The van der Waals surface area contributed by atoms with Gasteiger partial charge in [-0.05, 0) is 37.3 Å². The zero-order valence-electron chi connectivity index (χ0n) is 11.9. The van der Waals surface area contributed by atoms with E-state index in [1.165, 1.54) is 4.90 Å². The van der Waals surface area contributed by atoms with Crippen LogP contribution in [0, 0.1) is 5.92 Å². The highest BCUT2D eigenvalue weighted by Gasteiger charge is 2.28. The van der Waals surface area contributed by atoms with Gasteiger partial charge in [-0.1, -0.05) is 29.8 Å². The number of carbonyl (C=O) groups is 2. The lowest BCUT2D eigenvalue weighted by Crippen LogP contribution is -2.44. The van der Waals surface area contributed by atoms with Crippen molar-refractivity contribution in [1.82, 2.24) is 10.2 Å². The highest BCUT2D eigenvalue weighted by atomic mass is 35.5. The Morgan fingerprint density at radius 3 is 2.67 bits per heavy atom. The predicted molar refractivity (Wildman–Crippen MR) is 80.3 cm³/mol. The molecular formula is C15H19ClN2O3. The van der Waals surface area contributed by atoms with Crippen molar-refractivity contribution in [2.75, 3.05) is 13.1 Å². The molecule has 1 atom stereocenters. The molecule has 0 aromatic heterocycles. The molecule has 21 heavy (non-hydrogen) atoms. The number of amides is 2. The first-order chi connectivity index (χ1) is 9.97. The topological polar surface area (TPSA) is 69.6 Å². The number of carbonyl (C=O) groups excluding carboxylic acids is 1. The third-order valence-corrected chi connectivity index (χ3v) is 3.84. The molecule has 2 N–H and O–H groups in total.